The molecule has 10 saturated heterocycles. The van der Waals surface area contributed by atoms with Crippen LogP contribution < -0.4 is 21.3 Å². The van der Waals surface area contributed by atoms with Crippen molar-refractivity contribution in [3.63, 3.8) is 0 Å². The Morgan fingerprint density at radius 1 is 0.267 bits per heavy atom. The molecule has 0 aliphatic carbocycles. The topological polar surface area (TPSA) is 818 Å². The summed E-state index contributed by atoms with van der Waals surface area (Å²) in [4.78, 5) is 52.1. The molecule has 0 bridgehead atoms. The standard InChI is InChI=1S/C67H112N4O49/c1-15-33(84)43(94)48(99)63(104-15)116-53-31(70-18(4)81)58(101)105-27(12-78)51(53)114-60-30(69-17(3)80)42(93)50(26(11-77)111-60)113-67-57(120-62-47(98)34(85)20(83)13-102-62)54(117-66-56(46(97)38(89)24(9-75)110-66)119-59-29(68-16(2)79)41(92)35(86)21(6-72)106-59)40(91)28(112-67)14-103-65-55(45(96)37(88)23(8-74)109-65)118-61-32(71-19(5)82)52(39(90)25(10-76)107-61)115-64-49(100)44(95)36(87)22(7-73)108-64/h15,20-67,72-78,83-101H,6-14H2,1-5H3,(H,68,79)(H,69,80)(H,70,81)(H,71,82)/t15-,20+,21+,22+,23+,24+,25+,26+,27+,28+,29+,30+,31+,32+,33+,34-,35+,36-,37+,38+,39+,40+,41+,42+,43+,44-,45-,46-,47+,48-,49+,50+,51+,52+,53+,54-,55-,56-,57-,58?,59-,60-,61-,62-,63-,64-,65-,66+,67-/m0/s1. The summed E-state index contributed by atoms with van der Waals surface area (Å²) in [6.07, 6.45) is -95.7. The first-order valence-electron chi connectivity index (χ1n) is 38.4. The Morgan fingerprint density at radius 2 is 0.608 bits per heavy atom. The summed E-state index contributed by atoms with van der Waals surface area (Å²) in [7, 11) is 0. The van der Waals surface area contributed by atoms with Crippen LogP contribution in [0.1, 0.15) is 34.6 Å². The van der Waals surface area contributed by atoms with Crippen molar-refractivity contribution >= 4 is 23.6 Å². The number of rotatable bonds is 30. The molecule has 10 rings (SSSR count). The molecule has 0 radical (unpaired) electrons. The van der Waals surface area contributed by atoms with Gasteiger partial charge in [0.05, 0.1) is 65.6 Å². The van der Waals surface area contributed by atoms with E-state index in [2.05, 4.69) is 21.3 Å². The Kier molecular flexibility index (Phi) is 35.0. The van der Waals surface area contributed by atoms with Crippen molar-refractivity contribution in [3.8, 4) is 0 Å². The van der Waals surface area contributed by atoms with E-state index in [1.807, 2.05) is 0 Å². The molecule has 10 fully saturated rings. The maximum atomic E-state index is 13.5. The highest BCUT2D eigenvalue weighted by Crippen LogP contribution is 2.42. The number of ether oxygens (including phenoxy) is 19. The molecule has 0 aromatic heterocycles. The van der Waals surface area contributed by atoms with Gasteiger partial charge >= 0.3 is 0 Å². The Morgan fingerprint density at radius 3 is 1.14 bits per heavy atom. The third-order valence-electron chi connectivity index (χ3n) is 22.0. The predicted molar refractivity (Wildman–Crippen MR) is 369 cm³/mol. The number of aliphatic hydroxyl groups excluding tert-OH is 26. The lowest BCUT2D eigenvalue weighted by Crippen LogP contribution is -2.71. The van der Waals surface area contributed by atoms with Gasteiger partial charge in [-0.3, -0.25) is 19.2 Å². The van der Waals surface area contributed by atoms with Crippen molar-refractivity contribution in [2.75, 3.05) is 59.5 Å². The van der Waals surface area contributed by atoms with E-state index in [1.54, 1.807) is 0 Å². The number of nitrogens with one attached hydrogen (secondary N) is 4. The minimum Gasteiger partial charge on any atom is -0.394 e. The molecule has 10 heterocycles. The van der Waals surface area contributed by atoms with E-state index in [1.165, 1.54) is 6.92 Å². The Hall–Kier alpha value is -3.92. The molecule has 694 valence electrons. The molecule has 10 aliphatic heterocycles. The fourth-order valence-corrected chi connectivity index (χ4v) is 15.6. The quantitative estimate of drug-likeness (QED) is 0.0318. The van der Waals surface area contributed by atoms with E-state index in [4.69, 9.17) is 90.0 Å². The molecule has 0 saturated carbocycles. The molecule has 53 nitrogen and oxygen atoms in total. The third kappa shape index (κ3) is 21.6. The van der Waals surface area contributed by atoms with Gasteiger partial charge in [0.25, 0.3) is 0 Å². The van der Waals surface area contributed by atoms with Crippen LogP contribution in [0.3, 0.4) is 0 Å². The highest BCUT2D eigenvalue weighted by Gasteiger charge is 2.62. The van der Waals surface area contributed by atoms with Crippen molar-refractivity contribution in [2.24, 2.45) is 0 Å². The zero-order valence-electron chi connectivity index (χ0n) is 64.7. The number of carbonyl (C=O) groups is 4. The summed E-state index contributed by atoms with van der Waals surface area (Å²) < 4.78 is 115. The van der Waals surface area contributed by atoms with E-state index >= 15 is 0 Å². The van der Waals surface area contributed by atoms with Crippen molar-refractivity contribution in [1.29, 1.82) is 0 Å². The predicted octanol–water partition coefficient (Wildman–Crippen LogP) is -20.6. The fraction of sp³-hybridized carbons (Fsp3) is 0.940. The van der Waals surface area contributed by atoms with Crippen LogP contribution in [0.5, 0.6) is 0 Å². The Balaban J connectivity index is 1.06. The molecular formula is C67H112N4O49. The molecule has 0 aromatic carbocycles. The van der Waals surface area contributed by atoms with Gasteiger partial charge in [-0.25, -0.2) is 0 Å². The van der Waals surface area contributed by atoms with E-state index in [9.17, 15) is 152 Å². The average Bonchev–Trinajstić information content (AvgIpc) is 0.757. The van der Waals surface area contributed by atoms with Crippen LogP contribution in [0.2, 0.25) is 0 Å². The lowest BCUT2D eigenvalue weighted by Gasteiger charge is -2.52. The van der Waals surface area contributed by atoms with Crippen LogP contribution in [-0.4, -0.2) is 517 Å². The van der Waals surface area contributed by atoms with E-state index in [0.29, 0.717) is 0 Å². The molecular weight excluding hydrogens is 1640 g/mol. The summed E-state index contributed by atoms with van der Waals surface area (Å²) in [5.74, 6) is -3.78. The summed E-state index contributed by atoms with van der Waals surface area (Å²) in [5.41, 5.74) is 0. The number of hydrogen-bond acceptors (Lipinski definition) is 49. The smallest absolute Gasteiger partial charge is 0.217 e. The van der Waals surface area contributed by atoms with Crippen molar-refractivity contribution in [1.82, 2.24) is 21.3 Å². The summed E-state index contributed by atoms with van der Waals surface area (Å²) in [5, 5.41) is 301. The highest BCUT2D eigenvalue weighted by molar-refractivity contribution is 5.74. The van der Waals surface area contributed by atoms with Crippen LogP contribution in [0.15, 0.2) is 0 Å². The minimum atomic E-state index is -2.59. The maximum absolute atomic E-state index is 13.5. The maximum Gasteiger partial charge on any atom is 0.217 e. The largest absolute Gasteiger partial charge is 0.394 e. The van der Waals surface area contributed by atoms with Crippen LogP contribution in [0, 0.1) is 0 Å². The molecule has 30 N–H and O–H groups in total. The minimum absolute atomic E-state index is 0.875. The van der Waals surface area contributed by atoms with Crippen LogP contribution in [0.4, 0.5) is 0 Å². The molecule has 0 aromatic rings. The number of hydrogen-bond donors (Lipinski definition) is 30. The van der Waals surface area contributed by atoms with Gasteiger partial charge in [0.15, 0.2) is 62.9 Å². The van der Waals surface area contributed by atoms with Gasteiger partial charge in [0.1, 0.15) is 232 Å². The van der Waals surface area contributed by atoms with E-state index in [0.717, 1.165) is 27.7 Å². The second-order valence-electron chi connectivity index (χ2n) is 30.5. The van der Waals surface area contributed by atoms with Gasteiger partial charge in [-0.05, 0) is 6.92 Å². The Labute approximate surface area is 679 Å². The van der Waals surface area contributed by atoms with Crippen molar-refractivity contribution in [3.05, 3.63) is 0 Å². The molecule has 10 aliphatic rings. The van der Waals surface area contributed by atoms with Crippen molar-refractivity contribution in [2.45, 2.75) is 335 Å². The van der Waals surface area contributed by atoms with Crippen LogP contribution >= 0.6 is 0 Å². The van der Waals surface area contributed by atoms with Gasteiger partial charge in [-0.15, -0.1) is 0 Å². The lowest BCUT2D eigenvalue weighted by molar-refractivity contribution is -0.412. The molecule has 120 heavy (non-hydrogen) atoms. The highest BCUT2D eigenvalue weighted by atomic mass is 16.8. The SMILES string of the molecule is CC(=O)N[C@H]1[C@H](O[C@H]2[C@H](O[C@@H]3O[C@@H](C)[C@@H](O)[C@@H](O)[C@@H]3O)[C@@H](NC(C)=O)C(O)O[C@@H]2CO)O[C@H](CO)[C@@H](O[C@@H]2O[C@H](CO[C@H]3O[C@H](CO)[C@@H](O)[C@H](O)[C@@H]3O[C@@H]3O[C@H](CO)[C@@H](O)[C@H](O[C@@H]4O[C@H](CO)[C@H](O)[C@H](O)[C@H]4O)[C@H]3NC(C)=O)[C@@H](O)[C@H](O[C@H]3O[C@H](CO)[C@@H](O)[C@H](O)[C@@H]3O[C@@H]3O[C@H](CO)[C@@H](O)[C@H](O)[C@H]3NC(C)=O)[C@@H]2O[C@@H]2OC[C@@H](O)[C@H](O)[C@H]2O)[C@@H]1O. The third-order valence-corrected chi connectivity index (χ3v) is 22.0. The van der Waals surface area contributed by atoms with Gasteiger partial charge in [0, 0.05) is 27.7 Å². The van der Waals surface area contributed by atoms with Gasteiger partial charge in [-0.2, -0.15) is 0 Å². The van der Waals surface area contributed by atoms with Gasteiger partial charge in [0.2, 0.25) is 23.6 Å². The zero-order valence-corrected chi connectivity index (χ0v) is 64.7. The number of carbonyl (C=O) groups excluding carboxylic acids is 4. The average molecular weight is 1760 g/mol. The molecule has 1 unspecified atom stereocenters. The van der Waals surface area contributed by atoms with Crippen molar-refractivity contribution < 1.29 is 242 Å². The van der Waals surface area contributed by atoms with Gasteiger partial charge in [-0.1, -0.05) is 0 Å². The summed E-state index contributed by atoms with van der Waals surface area (Å²) >= 11 is 0. The monoisotopic (exact) mass is 1760 g/mol. The summed E-state index contributed by atoms with van der Waals surface area (Å²) in [6.45, 7) is -5.14. The number of amides is 4. The Bertz CT molecular complexity index is 3230. The molecule has 4 amide bonds. The molecule has 53 heteroatoms. The number of aliphatic hydroxyl groups is 26. The van der Waals surface area contributed by atoms with Crippen LogP contribution in [-0.2, 0) is 109 Å². The summed E-state index contributed by atoms with van der Waals surface area (Å²) in [6, 6.07) is -7.69. The molecule has 49 atom stereocenters. The second kappa shape index (κ2) is 42.8. The lowest BCUT2D eigenvalue weighted by atomic mass is 9.93. The van der Waals surface area contributed by atoms with Gasteiger partial charge < -0.3 is 244 Å². The van der Waals surface area contributed by atoms with Crippen LogP contribution in [0.25, 0.3) is 0 Å². The molecule has 0 spiro atoms. The fourth-order valence-electron chi connectivity index (χ4n) is 15.6. The first-order chi connectivity index (χ1) is 56.8. The zero-order chi connectivity index (χ0) is 88.2. The van der Waals surface area contributed by atoms with E-state index < -0.39 is 384 Å². The normalized spacial score (nSPS) is 49.7. The first-order valence-corrected chi connectivity index (χ1v) is 38.4. The second-order valence-corrected chi connectivity index (χ2v) is 30.5. The first kappa shape index (κ1) is 98.3. The van der Waals surface area contributed by atoms with E-state index in [-0.39, 0.29) is 0 Å².